The summed E-state index contributed by atoms with van der Waals surface area (Å²) in [4.78, 5) is 51.5. The van der Waals surface area contributed by atoms with Crippen LogP contribution in [0, 0.1) is 5.82 Å². The van der Waals surface area contributed by atoms with Gasteiger partial charge in [-0.2, -0.15) is 0 Å². The first-order valence-corrected chi connectivity index (χ1v) is 12.9. The maximum Gasteiger partial charge on any atom is 0.410 e. The Morgan fingerprint density at radius 1 is 1.05 bits per heavy atom. The number of hydrogen-bond acceptors (Lipinski definition) is 7. The smallest absolute Gasteiger partial charge is 0.410 e. The van der Waals surface area contributed by atoms with Crippen molar-refractivity contribution in [1.29, 1.82) is 0 Å². The van der Waals surface area contributed by atoms with Gasteiger partial charge in [0.15, 0.2) is 5.82 Å². The lowest BCUT2D eigenvalue weighted by Crippen LogP contribution is -2.50. The van der Waals surface area contributed by atoms with E-state index in [4.69, 9.17) is 10.5 Å². The molecule has 1 saturated heterocycles. The van der Waals surface area contributed by atoms with Gasteiger partial charge in [-0.3, -0.25) is 9.59 Å². The molecule has 0 atom stereocenters. The average Bonchev–Trinajstić information content (AvgIpc) is 3.72. The molecule has 2 aromatic rings. The number of halogens is 1. The summed E-state index contributed by atoms with van der Waals surface area (Å²) in [6.45, 7) is 6.54. The predicted molar refractivity (Wildman–Crippen MR) is 139 cm³/mol. The first-order chi connectivity index (χ1) is 18.0. The van der Waals surface area contributed by atoms with Crippen molar-refractivity contribution >= 4 is 17.9 Å². The van der Waals surface area contributed by atoms with Crippen LogP contribution in [0.2, 0.25) is 0 Å². The SMILES string of the molecule is CN(CN)C(=O)c1ccc(-c2ncc(C(=O)N(C3CC3)C3CCN(C(=O)OC(C)(C)C)CC3)cn2)cc1F. The number of nitrogens with two attached hydrogens (primary N) is 1. The lowest BCUT2D eigenvalue weighted by molar-refractivity contribution is 0.0142. The van der Waals surface area contributed by atoms with Crippen molar-refractivity contribution in [3.8, 4) is 11.4 Å². The Hall–Kier alpha value is -3.60. The minimum absolute atomic E-state index is 0.0131. The Bertz CT molecular complexity index is 1190. The van der Waals surface area contributed by atoms with Crippen LogP contribution in [-0.2, 0) is 4.74 Å². The van der Waals surface area contributed by atoms with Crippen LogP contribution in [0.25, 0.3) is 11.4 Å². The lowest BCUT2D eigenvalue weighted by atomic mass is 10.0. The van der Waals surface area contributed by atoms with Crippen LogP contribution in [0.3, 0.4) is 0 Å². The maximum atomic E-state index is 14.6. The number of carbonyl (C=O) groups excluding carboxylic acids is 3. The number of rotatable bonds is 6. The fourth-order valence-electron chi connectivity index (χ4n) is 4.49. The van der Waals surface area contributed by atoms with Gasteiger partial charge in [0.05, 0.1) is 17.8 Å². The molecular formula is C27H35FN6O4. The quantitative estimate of drug-likeness (QED) is 0.573. The summed E-state index contributed by atoms with van der Waals surface area (Å²) in [6.07, 6.45) is 5.81. The number of carbonyl (C=O) groups is 3. The third-order valence-corrected chi connectivity index (χ3v) is 6.66. The summed E-state index contributed by atoms with van der Waals surface area (Å²) in [5.74, 6) is -1.12. The third-order valence-electron chi connectivity index (χ3n) is 6.66. The molecule has 1 aromatic heterocycles. The van der Waals surface area contributed by atoms with E-state index >= 15 is 0 Å². The summed E-state index contributed by atoms with van der Waals surface area (Å²) >= 11 is 0. The number of piperidine rings is 1. The van der Waals surface area contributed by atoms with Gasteiger partial charge in [0.1, 0.15) is 11.4 Å². The molecule has 38 heavy (non-hydrogen) atoms. The molecule has 0 bridgehead atoms. The first-order valence-electron chi connectivity index (χ1n) is 12.9. The second kappa shape index (κ2) is 11.0. The molecule has 1 aliphatic heterocycles. The van der Waals surface area contributed by atoms with E-state index in [9.17, 15) is 18.8 Å². The molecular weight excluding hydrogens is 491 g/mol. The fourth-order valence-corrected chi connectivity index (χ4v) is 4.49. The molecule has 4 rings (SSSR count). The molecule has 1 saturated carbocycles. The molecule has 0 radical (unpaired) electrons. The minimum Gasteiger partial charge on any atom is -0.444 e. The molecule has 3 amide bonds. The van der Waals surface area contributed by atoms with Crippen molar-refractivity contribution in [2.75, 3.05) is 26.8 Å². The molecule has 2 fully saturated rings. The van der Waals surface area contributed by atoms with Crippen molar-refractivity contribution in [2.24, 2.45) is 5.73 Å². The fraction of sp³-hybridized carbons (Fsp3) is 0.519. The highest BCUT2D eigenvalue weighted by molar-refractivity contribution is 5.95. The second-order valence-corrected chi connectivity index (χ2v) is 10.8. The number of ether oxygens (including phenoxy) is 1. The molecule has 11 heteroatoms. The summed E-state index contributed by atoms with van der Waals surface area (Å²) in [5.41, 5.74) is 5.56. The van der Waals surface area contributed by atoms with Crippen molar-refractivity contribution in [2.45, 2.75) is 64.1 Å². The molecule has 1 aliphatic carbocycles. The number of aromatic nitrogens is 2. The van der Waals surface area contributed by atoms with Gasteiger partial charge in [-0.1, -0.05) is 6.07 Å². The Kier molecular flexibility index (Phi) is 7.96. The van der Waals surface area contributed by atoms with Crippen molar-refractivity contribution in [3.05, 3.63) is 47.5 Å². The zero-order chi connectivity index (χ0) is 27.6. The molecule has 0 spiro atoms. The summed E-state index contributed by atoms with van der Waals surface area (Å²) < 4.78 is 20.1. The standard InChI is InChI=1S/C27H35FN6O4/c1-27(2,3)38-26(37)33-11-9-20(10-12-33)34(19-6-7-19)24(35)18-14-30-23(31-15-18)17-5-8-21(22(28)13-17)25(36)32(4)16-29/h5,8,13-15,19-20H,6-7,9-12,16,29H2,1-4H3. The van der Waals surface area contributed by atoms with E-state index in [0.29, 0.717) is 37.1 Å². The van der Waals surface area contributed by atoms with E-state index in [1.54, 1.807) is 11.0 Å². The van der Waals surface area contributed by atoms with E-state index in [-0.39, 0.29) is 42.1 Å². The van der Waals surface area contributed by atoms with Crippen LogP contribution in [-0.4, -0.2) is 87.1 Å². The Morgan fingerprint density at radius 3 is 2.18 bits per heavy atom. The highest BCUT2D eigenvalue weighted by Gasteiger charge is 2.40. The van der Waals surface area contributed by atoms with Gasteiger partial charge in [-0.15, -0.1) is 0 Å². The van der Waals surface area contributed by atoms with E-state index in [0.717, 1.165) is 12.8 Å². The predicted octanol–water partition coefficient (Wildman–Crippen LogP) is 3.28. The van der Waals surface area contributed by atoms with Gasteiger partial charge in [0.2, 0.25) is 0 Å². The highest BCUT2D eigenvalue weighted by Crippen LogP contribution is 2.33. The van der Waals surface area contributed by atoms with E-state index in [1.807, 2.05) is 25.7 Å². The average molecular weight is 527 g/mol. The first kappa shape index (κ1) is 27.4. The molecule has 2 aliphatic rings. The van der Waals surface area contributed by atoms with Crippen LogP contribution >= 0.6 is 0 Å². The summed E-state index contributed by atoms with van der Waals surface area (Å²) in [6, 6.07) is 4.32. The van der Waals surface area contributed by atoms with Crippen LogP contribution in [0.4, 0.5) is 9.18 Å². The number of hydrogen-bond donors (Lipinski definition) is 1. The number of benzene rings is 1. The maximum absolute atomic E-state index is 14.6. The Morgan fingerprint density at radius 2 is 1.66 bits per heavy atom. The molecule has 2 heterocycles. The summed E-state index contributed by atoms with van der Waals surface area (Å²) in [7, 11) is 1.49. The molecule has 0 unspecified atom stereocenters. The van der Waals surface area contributed by atoms with E-state index < -0.39 is 17.3 Å². The van der Waals surface area contributed by atoms with Crippen molar-refractivity contribution in [3.63, 3.8) is 0 Å². The molecule has 10 nitrogen and oxygen atoms in total. The minimum atomic E-state index is -0.700. The van der Waals surface area contributed by atoms with Gasteiger partial charge in [-0.05, 0) is 58.6 Å². The highest BCUT2D eigenvalue weighted by atomic mass is 19.1. The van der Waals surface area contributed by atoms with Gasteiger partial charge >= 0.3 is 6.09 Å². The normalized spacial score (nSPS) is 16.2. The van der Waals surface area contributed by atoms with Gasteiger partial charge < -0.3 is 25.2 Å². The van der Waals surface area contributed by atoms with Crippen LogP contribution in [0.15, 0.2) is 30.6 Å². The topological polar surface area (TPSA) is 122 Å². The zero-order valence-electron chi connectivity index (χ0n) is 22.3. The second-order valence-electron chi connectivity index (χ2n) is 10.8. The third kappa shape index (κ3) is 6.27. The lowest BCUT2D eigenvalue weighted by Gasteiger charge is -2.39. The van der Waals surface area contributed by atoms with Gasteiger partial charge in [-0.25, -0.2) is 19.2 Å². The number of likely N-dealkylation sites (tertiary alicyclic amines) is 1. The van der Waals surface area contributed by atoms with Gasteiger partial charge in [0, 0.05) is 50.2 Å². The number of nitrogens with zero attached hydrogens (tertiary/aromatic N) is 5. The largest absolute Gasteiger partial charge is 0.444 e. The summed E-state index contributed by atoms with van der Waals surface area (Å²) in [5, 5.41) is 0. The Labute approximate surface area is 222 Å². The molecule has 1 aromatic carbocycles. The van der Waals surface area contributed by atoms with Crippen LogP contribution in [0.5, 0.6) is 0 Å². The monoisotopic (exact) mass is 526 g/mol. The van der Waals surface area contributed by atoms with Gasteiger partial charge in [0.25, 0.3) is 11.8 Å². The van der Waals surface area contributed by atoms with E-state index in [2.05, 4.69) is 9.97 Å². The van der Waals surface area contributed by atoms with Crippen molar-refractivity contribution < 1.29 is 23.5 Å². The Balaban J connectivity index is 1.43. The van der Waals surface area contributed by atoms with E-state index in [1.165, 1.54) is 36.5 Å². The number of amides is 3. The van der Waals surface area contributed by atoms with Crippen molar-refractivity contribution in [1.82, 2.24) is 24.7 Å². The zero-order valence-corrected chi connectivity index (χ0v) is 22.3. The van der Waals surface area contributed by atoms with Crippen LogP contribution < -0.4 is 5.73 Å². The molecule has 204 valence electrons. The molecule has 2 N–H and O–H groups in total. The van der Waals surface area contributed by atoms with Crippen LogP contribution in [0.1, 0.15) is 67.2 Å².